The number of rotatable bonds is 5. The molecule has 108 valence electrons. The lowest BCUT2D eigenvalue weighted by molar-refractivity contribution is 0.246. The zero-order valence-electron chi connectivity index (χ0n) is 11.6. The van der Waals surface area contributed by atoms with E-state index < -0.39 is 10.0 Å². The largest absolute Gasteiger partial charge is 0.363 e. The maximum absolute atomic E-state index is 12.7. The summed E-state index contributed by atoms with van der Waals surface area (Å²) in [5.41, 5.74) is 0.895. The summed E-state index contributed by atoms with van der Waals surface area (Å²) < 4.78 is 27.0. The van der Waals surface area contributed by atoms with Crippen LogP contribution in [-0.2, 0) is 16.6 Å². The Morgan fingerprint density at radius 3 is 2.95 bits per heavy atom. The molecule has 1 aromatic rings. The van der Waals surface area contributed by atoms with Crippen LogP contribution < -0.4 is 5.32 Å². The Morgan fingerprint density at radius 2 is 2.26 bits per heavy atom. The normalized spacial score (nSPS) is 21.7. The quantitative estimate of drug-likeness (QED) is 0.865. The van der Waals surface area contributed by atoms with Crippen molar-refractivity contribution < 1.29 is 8.42 Å². The number of nitrogens with one attached hydrogen (secondary N) is 2. The van der Waals surface area contributed by atoms with Gasteiger partial charge in [0.15, 0.2) is 0 Å². The number of hydrogen-bond donors (Lipinski definition) is 2. The van der Waals surface area contributed by atoms with Gasteiger partial charge in [0.2, 0.25) is 10.0 Å². The summed E-state index contributed by atoms with van der Waals surface area (Å²) in [6.45, 7) is 3.35. The molecule has 1 unspecified atom stereocenters. The Bertz CT molecular complexity index is 510. The number of sulfonamides is 1. The maximum atomic E-state index is 12.7. The predicted molar refractivity (Wildman–Crippen MR) is 75.4 cm³/mol. The first-order valence-electron chi connectivity index (χ1n) is 6.93. The molecule has 0 saturated carbocycles. The van der Waals surface area contributed by atoms with Gasteiger partial charge in [0.1, 0.15) is 0 Å². The lowest BCUT2D eigenvalue weighted by atomic mass is 10.0. The van der Waals surface area contributed by atoms with Gasteiger partial charge in [-0.3, -0.25) is 0 Å². The van der Waals surface area contributed by atoms with Crippen molar-refractivity contribution in [1.82, 2.24) is 14.6 Å². The van der Waals surface area contributed by atoms with Crippen LogP contribution >= 0.6 is 0 Å². The van der Waals surface area contributed by atoms with Gasteiger partial charge in [-0.15, -0.1) is 0 Å². The van der Waals surface area contributed by atoms with Crippen LogP contribution in [-0.4, -0.2) is 37.3 Å². The number of nitrogens with zero attached hydrogens (tertiary/aromatic N) is 1. The van der Waals surface area contributed by atoms with Crippen LogP contribution in [0.3, 0.4) is 0 Å². The van der Waals surface area contributed by atoms with Crippen LogP contribution in [0.5, 0.6) is 0 Å². The molecule has 5 nitrogen and oxygen atoms in total. The van der Waals surface area contributed by atoms with E-state index >= 15 is 0 Å². The molecule has 2 rings (SSSR count). The van der Waals surface area contributed by atoms with Gasteiger partial charge in [-0.05, 0) is 32.4 Å². The van der Waals surface area contributed by atoms with Gasteiger partial charge >= 0.3 is 0 Å². The molecule has 0 aromatic carbocycles. The van der Waals surface area contributed by atoms with E-state index in [1.807, 2.05) is 7.05 Å². The summed E-state index contributed by atoms with van der Waals surface area (Å²) in [4.78, 5) is 3.40. The second kappa shape index (κ2) is 6.07. The van der Waals surface area contributed by atoms with Crippen molar-refractivity contribution in [3.8, 4) is 0 Å². The third-order valence-corrected chi connectivity index (χ3v) is 5.66. The van der Waals surface area contributed by atoms with Crippen LogP contribution in [0.15, 0.2) is 17.2 Å². The molecule has 0 amide bonds. The van der Waals surface area contributed by atoms with Crippen molar-refractivity contribution in [3.05, 3.63) is 18.0 Å². The average Bonchev–Trinajstić information content (AvgIpc) is 2.88. The third-order valence-electron chi connectivity index (χ3n) is 3.73. The molecule has 0 spiro atoms. The van der Waals surface area contributed by atoms with Crippen molar-refractivity contribution in [2.45, 2.75) is 50.1 Å². The highest BCUT2D eigenvalue weighted by molar-refractivity contribution is 7.89. The molecule has 1 fully saturated rings. The molecule has 1 saturated heterocycles. The van der Waals surface area contributed by atoms with Crippen molar-refractivity contribution in [1.29, 1.82) is 0 Å². The van der Waals surface area contributed by atoms with Gasteiger partial charge < -0.3 is 10.3 Å². The summed E-state index contributed by atoms with van der Waals surface area (Å²) in [7, 11) is -1.51. The highest BCUT2D eigenvalue weighted by Gasteiger charge is 2.32. The molecule has 0 bridgehead atoms. The van der Waals surface area contributed by atoms with Crippen LogP contribution in [0.1, 0.15) is 38.3 Å². The Hall–Kier alpha value is -0.850. The number of H-pyrrole nitrogens is 1. The van der Waals surface area contributed by atoms with E-state index in [0.717, 1.165) is 31.4 Å². The molecular formula is C13H23N3O2S. The molecule has 1 aromatic heterocycles. The van der Waals surface area contributed by atoms with Gasteiger partial charge in [0.05, 0.1) is 4.90 Å². The molecule has 19 heavy (non-hydrogen) atoms. The molecule has 0 radical (unpaired) electrons. The van der Waals surface area contributed by atoms with E-state index in [0.29, 0.717) is 18.0 Å². The first-order valence-corrected chi connectivity index (χ1v) is 8.37. The summed E-state index contributed by atoms with van der Waals surface area (Å²) in [5, 5.41) is 3.01. The molecule has 6 heteroatoms. The van der Waals surface area contributed by atoms with Crippen molar-refractivity contribution >= 4 is 10.0 Å². The molecule has 1 aliphatic heterocycles. The number of aromatic amines is 1. The average molecular weight is 285 g/mol. The molecule has 1 aliphatic rings. The fraction of sp³-hybridized carbons (Fsp3) is 0.692. The highest BCUT2D eigenvalue weighted by atomic mass is 32.2. The Labute approximate surface area is 115 Å². The summed E-state index contributed by atoms with van der Waals surface area (Å²) in [6.07, 6.45) is 5.55. The van der Waals surface area contributed by atoms with Gasteiger partial charge in [-0.25, -0.2) is 8.42 Å². The van der Waals surface area contributed by atoms with Gasteiger partial charge in [-0.1, -0.05) is 13.3 Å². The zero-order valence-corrected chi connectivity index (χ0v) is 12.5. The van der Waals surface area contributed by atoms with E-state index in [2.05, 4.69) is 17.2 Å². The van der Waals surface area contributed by atoms with E-state index in [4.69, 9.17) is 0 Å². The second-order valence-electron chi connectivity index (χ2n) is 5.06. The minimum Gasteiger partial charge on any atom is -0.363 e. The summed E-state index contributed by atoms with van der Waals surface area (Å²) >= 11 is 0. The molecule has 2 heterocycles. The number of piperidine rings is 1. The SMILES string of the molecule is CCC1CCCCN1S(=O)(=O)c1c[nH]c(CNC)c1. The van der Waals surface area contributed by atoms with Crippen molar-refractivity contribution in [2.75, 3.05) is 13.6 Å². The van der Waals surface area contributed by atoms with Gasteiger partial charge in [-0.2, -0.15) is 4.31 Å². The first-order chi connectivity index (χ1) is 9.09. The van der Waals surface area contributed by atoms with E-state index in [1.54, 1.807) is 16.6 Å². The first kappa shape index (κ1) is 14.6. The monoisotopic (exact) mass is 285 g/mol. The summed E-state index contributed by atoms with van der Waals surface area (Å²) in [6, 6.07) is 1.88. The molecule has 0 aliphatic carbocycles. The zero-order chi connectivity index (χ0) is 13.9. The fourth-order valence-electron chi connectivity index (χ4n) is 2.69. The Kier molecular flexibility index (Phi) is 4.65. The van der Waals surface area contributed by atoms with E-state index in [-0.39, 0.29) is 6.04 Å². The maximum Gasteiger partial charge on any atom is 0.244 e. The summed E-state index contributed by atoms with van der Waals surface area (Å²) in [5.74, 6) is 0. The van der Waals surface area contributed by atoms with Crippen LogP contribution in [0, 0.1) is 0 Å². The molecular weight excluding hydrogens is 262 g/mol. The van der Waals surface area contributed by atoms with E-state index in [1.165, 1.54) is 0 Å². The predicted octanol–water partition coefficient (Wildman–Crippen LogP) is 1.69. The lowest BCUT2D eigenvalue weighted by Gasteiger charge is -2.33. The fourth-order valence-corrected chi connectivity index (χ4v) is 4.48. The molecule has 2 N–H and O–H groups in total. The van der Waals surface area contributed by atoms with Crippen LogP contribution in [0.2, 0.25) is 0 Å². The minimum atomic E-state index is -3.35. The molecule has 1 atom stereocenters. The smallest absolute Gasteiger partial charge is 0.244 e. The Morgan fingerprint density at radius 1 is 1.47 bits per heavy atom. The minimum absolute atomic E-state index is 0.154. The van der Waals surface area contributed by atoms with Crippen LogP contribution in [0.4, 0.5) is 0 Å². The van der Waals surface area contributed by atoms with Gasteiger partial charge in [0.25, 0.3) is 0 Å². The van der Waals surface area contributed by atoms with Crippen molar-refractivity contribution in [3.63, 3.8) is 0 Å². The lowest BCUT2D eigenvalue weighted by Crippen LogP contribution is -2.43. The number of hydrogen-bond acceptors (Lipinski definition) is 3. The second-order valence-corrected chi connectivity index (χ2v) is 6.96. The standard InChI is InChI=1S/C13H23N3O2S/c1-3-12-6-4-5-7-16(12)19(17,18)13-8-11(9-14-2)15-10-13/h8,10,12,14-15H,3-7,9H2,1-2H3. The van der Waals surface area contributed by atoms with Crippen LogP contribution in [0.25, 0.3) is 0 Å². The highest BCUT2D eigenvalue weighted by Crippen LogP contribution is 2.27. The van der Waals surface area contributed by atoms with Gasteiger partial charge in [0, 0.05) is 31.0 Å². The third kappa shape index (κ3) is 3.01. The number of aromatic nitrogens is 1. The van der Waals surface area contributed by atoms with Crippen molar-refractivity contribution in [2.24, 2.45) is 0 Å². The Balaban J connectivity index is 2.24. The van der Waals surface area contributed by atoms with E-state index in [9.17, 15) is 8.42 Å². The topological polar surface area (TPSA) is 65.2 Å².